The minimum Gasteiger partial charge on any atom is -0.255 e. The summed E-state index contributed by atoms with van der Waals surface area (Å²) in [6, 6.07) is 14.7. The standard InChI is InChI=1S/C21H24N2/c1-2-3-16-4-7-18(8-5-16)19-9-11-20(12-10-19)21-13-6-17(14-22)15-23-21/h6,9-13,15-16,18H,2-5,7-8H2,1H3/t16-,18-. The van der Waals surface area contributed by atoms with Crippen LogP contribution in [0.3, 0.4) is 0 Å². The van der Waals surface area contributed by atoms with E-state index >= 15 is 0 Å². The van der Waals surface area contributed by atoms with Gasteiger partial charge in [0.25, 0.3) is 0 Å². The molecule has 2 heteroatoms. The summed E-state index contributed by atoms with van der Waals surface area (Å²) >= 11 is 0. The van der Waals surface area contributed by atoms with Crippen LogP contribution < -0.4 is 0 Å². The molecule has 0 unspecified atom stereocenters. The van der Waals surface area contributed by atoms with Gasteiger partial charge in [0.05, 0.1) is 11.3 Å². The Hall–Kier alpha value is -2.14. The lowest BCUT2D eigenvalue weighted by Gasteiger charge is -2.28. The van der Waals surface area contributed by atoms with E-state index in [0.717, 1.165) is 23.1 Å². The van der Waals surface area contributed by atoms with Gasteiger partial charge in [-0.2, -0.15) is 5.26 Å². The molecule has 2 aromatic rings. The van der Waals surface area contributed by atoms with Gasteiger partial charge in [-0.3, -0.25) is 4.98 Å². The molecule has 1 aliphatic rings. The maximum absolute atomic E-state index is 8.84. The van der Waals surface area contributed by atoms with Crippen LogP contribution >= 0.6 is 0 Å². The SMILES string of the molecule is CCC[C@H]1CC[C@H](c2ccc(-c3ccc(C#N)cn3)cc2)CC1. The van der Waals surface area contributed by atoms with E-state index in [4.69, 9.17) is 5.26 Å². The summed E-state index contributed by atoms with van der Waals surface area (Å²) in [7, 11) is 0. The normalized spacial score (nSPS) is 20.9. The minimum absolute atomic E-state index is 0.606. The van der Waals surface area contributed by atoms with Gasteiger partial charge in [-0.05, 0) is 55.2 Å². The van der Waals surface area contributed by atoms with Crippen LogP contribution in [0, 0.1) is 17.2 Å². The van der Waals surface area contributed by atoms with E-state index < -0.39 is 0 Å². The molecule has 0 atom stereocenters. The first-order chi connectivity index (χ1) is 11.3. The third-order valence-electron chi connectivity index (χ3n) is 5.11. The molecule has 0 bridgehead atoms. The Morgan fingerprint density at radius 2 is 1.78 bits per heavy atom. The van der Waals surface area contributed by atoms with E-state index in [-0.39, 0.29) is 0 Å². The number of rotatable bonds is 4. The quantitative estimate of drug-likeness (QED) is 0.727. The van der Waals surface area contributed by atoms with Crippen molar-refractivity contribution < 1.29 is 0 Å². The Kier molecular flexibility index (Phi) is 5.08. The molecule has 0 aliphatic heterocycles. The second-order valence-electron chi connectivity index (χ2n) is 6.67. The fourth-order valence-electron chi connectivity index (χ4n) is 3.75. The van der Waals surface area contributed by atoms with Crippen molar-refractivity contribution in [2.75, 3.05) is 0 Å². The molecule has 1 aromatic heterocycles. The highest BCUT2D eigenvalue weighted by Crippen LogP contribution is 2.37. The van der Waals surface area contributed by atoms with Crippen molar-refractivity contribution in [2.45, 2.75) is 51.4 Å². The first-order valence-corrected chi connectivity index (χ1v) is 8.76. The van der Waals surface area contributed by atoms with E-state index in [1.54, 1.807) is 6.20 Å². The summed E-state index contributed by atoms with van der Waals surface area (Å²) in [4.78, 5) is 4.37. The van der Waals surface area contributed by atoms with Crippen molar-refractivity contribution in [3.63, 3.8) is 0 Å². The van der Waals surface area contributed by atoms with Crippen LogP contribution in [0.2, 0.25) is 0 Å². The molecule has 1 saturated carbocycles. The van der Waals surface area contributed by atoms with Gasteiger partial charge in [-0.15, -0.1) is 0 Å². The summed E-state index contributed by atoms with van der Waals surface area (Å²) in [6.45, 7) is 2.29. The molecule has 1 aliphatic carbocycles. The second kappa shape index (κ2) is 7.42. The smallest absolute Gasteiger partial charge is 0.101 e. The average molecular weight is 304 g/mol. The van der Waals surface area contributed by atoms with Crippen LogP contribution in [0.1, 0.15) is 62.5 Å². The van der Waals surface area contributed by atoms with Crippen molar-refractivity contribution in [3.05, 3.63) is 53.7 Å². The van der Waals surface area contributed by atoms with Gasteiger partial charge < -0.3 is 0 Å². The van der Waals surface area contributed by atoms with Crippen molar-refractivity contribution in [3.8, 4) is 17.3 Å². The van der Waals surface area contributed by atoms with Crippen molar-refractivity contribution >= 4 is 0 Å². The fourth-order valence-corrected chi connectivity index (χ4v) is 3.75. The number of hydrogen-bond acceptors (Lipinski definition) is 2. The molecule has 3 rings (SSSR count). The number of benzene rings is 1. The van der Waals surface area contributed by atoms with E-state index in [1.165, 1.54) is 44.1 Å². The van der Waals surface area contributed by atoms with Gasteiger partial charge in [-0.1, -0.05) is 44.0 Å². The van der Waals surface area contributed by atoms with Crippen LogP contribution in [-0.4, -0.2) is 4.98 Å². The molecule has 0 N–H and O–H groups in total. The summed E-state index contributed by atoms with van der Waals surface area (Å²) in [5.41, 5.74) is 4.13. The number of hydrogen-bond donors (Lipinski definition) is 0. The zero-order valence-electron chi connectivity index (χ0n) is 13.8. The Morgan fingerprint density at radius 3 is 2.35 bits per heavy atom. The van der Waals surface area contributed by atoms with E-state index in [9.17, 15) is 0 Å². The minimum atomic E-state index is 0.606. The average Bonchev–Trinajstić information content (AvgIpc) is 2.63. The summed E-state index contributed by atoms with van der Waals surface area (Å²) in [6.07, 6.45) is 9.79. The molecule has 0 amide bonds. The topological polar surface area (TPSA) is 36.7 Å². The van der Waals surface area contributed by atoms with E-state index in [0.29, 0.717) is 5.56 Å². The van der Waals surface area contributed by atoms with Gasteiger partial charge >= 0.3 is 0 Å². The lowest BCUT2D eigenvalue weighted by Crippen LogP contribution is -2.13. The third-order valence-corrected chi connectivity index (χ3v) is 5.11. The Morgan fingerprint density at radius 1 is 1.04 bits per heavy atom. The maximum Gasteiger partial charge on any atom is 0.101 e. The van der Waals surface area contributed by atoms with Crippen LogP contribution in [0.25, 0.3) is 11.3 Å². The summed E-state index contributed by atoms with van der Waals surface area (Å²) < 4.78 is 0. The molecular weight excluding hydrogens is 280 g/mol. The van der Waals surface area contributed by atoms with E-state index in [2.05, 4.69) is 42.2 Å². The monoisotopic (exact) mass is 304 g/mol. The largest absolute Gasteiger partial charge is 0.255 e. The molecule has 1 fully saturated rings. The summed E-state index contributed by atoms with van der Waals surface area (Å²) in [5, 5.41) is 8.84. The van der Waals surface area contributed by atoms with Crippen LogP contribution in [0.4, 0.5) is 0 Å². The Bertz CT molecular complexity index is 656. The molecule has 2 nitrogen and oxygen atoms in total. The number of pyridine rings is 1. The van der Waals surface area contributed by atoms with Crippen molar-refractivity contribution in [1.29, 1.82) is 5.26 Å². The number of nitrogens with zero attached hydrogens (tertiary/aromatic N) is 2. The lowest BCUT2D eigenvalue weighted by atomic mass is 9.77. The van der Waals surface area contributed by atoms with Crippen LogP contribution in [0.5, 0.6) is 0 Å². The fraction of sp³-hybridized carbons (Fsp3) is 0.429. The van der Waals surface area contributed by atoms with Crippen molar-refractivity contribution in [1.82, 2.24) is 4.98 Å². The van der Waals surface area contributed by atoms with Crippen LogP contribution in [0.15, 0.2) is 42.6 Å². The van der Waals surface area contributed by atoms with Crippen LogP contribution in [-0.2, 0) is 0 Å². The van der Waals surface area contributed by atoms with Gasteiger partial charge in [0.1, 0.15) is 6.07 Å². The third kappa shape index (κ3) is 3.79. The predicted molar refractivity (Wildman–Crippen MR) is 94.0 cm³/mol. The predicted octanol–water partition coefficient (Wildman–Crippen LogP) is 5.69. The van der Waals surface area contributed by atoms with Gasteiger partial charge in [0, 0.05) is 11.8 Å². The number of aromatic nitrogens is 1. The molecule has 0 radical (unpaired) electrons. The second-order valence-corrected chi connectivity index (χ2v) is 6.67. The molecule has 118 valence electrons. The lowest BCUT2D eigenvalue weighted by molar-refractivity contribution is 0.308. The molecule has 0 saturated heterocycles. The zero-order chi connectivity index (χ0) is 16.1. The Labute approximate surface area is 139 Å². The molecule has 1 heterocycles. The molecule has 0 spiro atoms. The number of nitriles is 1. The Balaban J connectivity index is 1.66. The highest BCUT2D eigenvalue weighted by Gasteiger charge is 2.21. The van der Waals surface area contributed by atoms with E-state index in [1.807, 2.05) is 12.1 Å². The van der Waals surface area contributed by atoms with Gasteiger partial charge in [0.15, 0.2) is 0 Å². The maximum atomic E-state index is 8.84. The highest BCUT2D eigenvalue weighted by molar-refractivity contribution is 5.60. The first kappa shape index (κ1) is 15.7. The molecule has 1 aromatic carbocycles. The zero-order valence-corrected chi connectivity index (χ0v) is 13.8. The van der Waals surface area contributed by atoms with Gasteiger partial charge in [-0.25, -0.2) is 0 Å². The van der Waals surface area contributed by atoms with Crippen molar-refractivity contribution in [2.24, 2.45) is 5.92 Å². The molecule has 23 heavy (non-hydrogen) atoms. The molecular formula is C21H24N2. The first-order valence-electron chi connectivity index (χ1n) is 8.76. The summed E-state index contributed by atoms with van der Waals surface area (Å²) in [5.74, 6) is 1.68. The highest BCUT2D eigenvalue weighted by atomic mass is 14.7. The van der Waals surface area contributed by atoms with Gasteiger partial charge in [0.2, 0.25) is 0 Å².